The fraction of sp³-hybridized carbons (Fsp3) is 0.409. The summed E-state index contributed by atoms with van der Waals surface area (Å²) in [5, 5.41) is 0.989. The first-order valence-corrected chi connectivity index (χ1v) is 11.1. The summed E-state index contributed by atoms with van der Waals surface area (Å²) in [5.41, 5.74) is 7.99. The normalized spacial score (nSPS) is 16.9. The van der Waals surface area contributed by atoms with Crippen LogP contribution in [0.5, 0.6) is 5.75 Å². The van der Waals surface area contributed by atoms with Crippen molar-refractivity contribution >= 4 is 40.4 Å². The molecule has 2 aromatic heterocycles. The molecule has 0 saturated carbocycles. The Labute approximate surface area is 196 Å². The summed E-state index contributed by atoms with van der Waals surface area (Å²) >= 11 is 12.4. The van der Waals surface area contributed by atoms with E-state index in [1.165, 1.54) is 0 Å². The zero-order valence-corrected chi connectivity index (χ0v) is 19.7. The molecule has 3 aromatic rings. The lowest BCUT2D eigenvalue weighted by molar-refractivity contribution is 0.174. The molecule has 2 amide bonds. The van der Waals surface area contributed by atoms with Crippen molar-refractivity contribution in [3.63, 3.8) is 0 Å². The fourth-order valence-corrected chi connectivity index (χ4v) is 4.35. The van der Waals surface area contributed by atoms with Gasteiger partial charge >= 0.3 is 6.03 Å². The molecule has 1 unspecified atom stereocenters. The zero-order valence-electron chi connectivity index (χ0n) is 18.2. The van der Waals surface area contributed by atoms with Gasteiger partial charge in [0.25, 0.3) is 0 Å². The van der Waals surface area contributed by atoms with E-state index in [2.05, 4.69) is 15.0 Å². The molecule has 1 aliphatic heterocycles. The minimum atomic E-state index is -0.534. The topological polar surface area (TPSA) is 100 Å². The van der Waals surface area contributed by atoms with Gasteiger partial charge < -0.3 is 25.3 Å². The highest BCUT2D eigenvalue weighted by Gasteiger charge is 2.39. The number of ether oxygens (including phenoxy) is 1. The summed E-state index contributed by atoms with van der Waals surface area (Å²) in [6.07, 6.45) is 0.610. The number of amides is 2. The number of aromatic nitrogens is 3. The Morgan fingerprint density at radius 3 is 2.72 bits per heavy atom. The Hall–Kier alpha value is -2.55. The third-order valence-electron chi connectivity index (χ3n) is 5.38. The second kappa shape index (κ2) is 8.77. The second-order valence-corrected chi connectivity index (χ2v) is 9.58. The fourth-order valence-electron chi connectivity index (χ4n) is 3.96. The first kappa shape index (κ1) is 22.6. The number of nitrogens with two attached hydrogens (primary N) is 1. The summed E-state index contributed by atoms with van der Waals surface area (Å²) < 4.78 is 5.24. The van der Waals surface area contributed by atoms with E-state index in [9.17, 15) is 4.79 Å². The van der Waals surface area contributed by atoms with Crippen LogP contribution in [0.25, 0.3) is 11.2 Å². The maximum atomic E-state index is 13.3. The number of hydrogen-bond acceptors (Lipinski definition) is 5. The van der Waals surface area contributed by atoms with E-state index in [0.29, 0.717) is 53.5 Å². The minimum Gasteiger partial charge on any atom is -0.497 e. The molecule has 32 heavy (non-hydrogen) atoms. The van der Waals surface area contributed by atoms with Crippen LogP contribution in [0.4, 0.5) is 4.79 Å². The zero-order chi connectivity index (χ0) is 23.0. The number of aromatic amines is 1. The quantitative estimate of drug-likeness (QED) is 0.504. The third kappa shape index (κ3) is 4.92. The number of hydrogen-bond donors (Lipinski definition) is 2. The Morgan fingerprint density at radius 1 is 1.25 bits per heavy atom. The summed E-state index contributed by atoms with van der Waals surface area (Å²) in [5.74, 6) is 1.35. The molecule has 1 aliphatic rings. The van der Waals surface area contributed by atoms with Crippen molar-refractivity contribution in [3.8, 4) is 5.75 Å². The molecule has 0 radical (unpaired) electrons. The Morgan fingerprint density at radius 2 is 2.03 bits per heavy atom. The van der Waals surface area contributed by atoms with Gasteiger partial charge in [-0.1, -0.05) is 29.3 Å². The van der Waals surface area contributed by atoms with Gasteiger partial charge in [-0.3, -0.25) is 0 Å². The van der Waals surface area contributed by atoms with E-state index in [-0.39, 0.29) is 12.1 Å². The third-order valence-corrected chi connectivity index (χ3v) is 5.95. The van der Waals surface area contributed by atoms with Gasteiger partial charge in [-0.2, -0.15) is 0 Å². The molecule has 0 spiro atoms. The number of pyridine rings is 1. The van der Waals surface area contributed by atoms with Crippen molar-refractivity contribution in [2.24, 2.45) is 5.73 Å². The molecule has 0 bridgehead atoms. The predicted octanol–water partition coefficient (Wildman–Crippen LogP) is 3.86. The molecule has 10 heteroatoms. The largest absolute Gasteiger partial charge is 0.497 e. The molecule has 1 saturated heterocycles. The highest BCUT2D eigenvalue weighted by atomic mass is 35.5. The molecule has 1 fully saturated rings. The van der Waals surface area contributed by atoms with Crippen LogP contribution in [-0.4, -0.2) is 62.6 Å². The molecule has 3 heterocycles. The lowest BCUT2D eigenvalue weighted by Gasteiger charge is -2.30. The van der Waals surface area contributed by atoms with Gasteiger partial charge in [-0.05, 0) is 50.1 Å². The molecule has 0 aliphatic carbocycles. The van der Waals surface area contributed by atoms with Gasteiger partial charge in [-0.15, -0.1) is 0 Å². The summed E-state index contributed by atoms with van der Waals surface area (Å²) in [7, 11) is 1.60. The smallest absolute Gasteiger partial charge is 0.320 e. The van der Waals surface area contributed by atoms with Gasteiger partial charge in [0.15, 0.2) is 5.65 Å². The molecule has 1 aromatic carbocycles. The van der Waals surface area contributed by atoms with E-state index in [0.717, 1.165) is 11.1 Å². The van der Waals surface area contributed by atoms with Gasteiger partial charge in [0.05, 0.1) is 25.2 Å². The van der Waals surface area contributed by atoms with Crippen LogP contribution >= 0.6 is 23.2 Å². The van der Waals surface area contributed by atoms with Crippen molar-refractivity contribution in [1.29, 1.82) is 0 Å². The monoisotopic (exact) mass is 476 g/mol. The summed E-state index contributed by atoms with van der Waals surface area (Å²) in [4.78, 5) is 28.8. The second-order valence-electron chi connectivity index (χ2n) is 8.78. The average molecular weight is 477 g/mol. The predicted molar refractivity (Wildman–Crippen MR) is 125 cm³/mol. The Balaban J connectivity index is 1.57. The van der Waals surface area contributed by atoms with E-state index < -0.39 is 5.54 Å². The molecular weight excluding hydrogens is 451 g/mol. The minimum absolute atomic E-state index is 0.0758. The van der Waals surface area contributed by atoms with Crippen LogP contribution in [0.1, 0.15) is 25.2 Å². The number of carbonyl (C=O) groups excluding carboxylic acids is 1. The van der Waals surface area contributed by atoms with Crippen LogP contribution in [0, 0.1) is 0 Å². The van der Waals surface area contributed by atoms with E-state index in [4.69, 9.17) is 33.7 Å². The SMILES string of the molecule is COc1ccc(CC2CN(Cc3nc4nc(Cl)ccc4[nH]3)C(=O)N2CC(C)(C)N)c(Cl)c1. The van der Waals surface area contributed by atoms with E-state index >= 15 is 0 Å². The van der Waals surface area contributed by atoms with Crippen molar-refractivity contribution in [2.45, 2.75) is 38.4 Å². The number of carbonyl (C=O) groups is 1. The summed E-state index contributed by atoms with van der Waals surface area (Å²) in [6.45, 7) is 5.12. The number of urea groups is 1. The number of halogens is 2. The van der Waals surface area contributed by atoms with Crippen LogP contribution in [-0.2, 0) is 13.0 Å². The molecule has 170 valence electrons. The molecular formula is C22H26Cl2N6O2. The van der Waals surface area contributed by atoms with Crippen molar-refractivity contribution in [2.75, 3.05) is 20.2 Å². The molecule has 1 atom stereocenters. The maximum absolute atomic E-state index is 13.3. The first-order chi connectivity index (χ1) is 15.1. The highest BCUT2D eigenvalue weighted by molar-refractivity contribution is 6.31. The lowest BCUT2D eigenvalue weighted by Crippen LogP contribution is -2.49. The van der Waals surface area contributed by atoms with Gasteiger partial charge in [-0.25, -0.2) is 14.8 Å². The maximum Gasteiger partial charge on any atom is 0.320 e. The number of imidazole rings is 1. The molecule has 4 rings (SSSR count). The standard InChI is InChI=1S/C22H26Cl2N6O2/c1-22(2,25)12-30-14(8-13-4-5-15(32-3)9-16(13)23)10-29(21(30)31)11-19-26-17-6-7-18(24)27-20(17)28-19/h4-7,9,14H,8,10-12,25H2,1-3H3,(H,26,27,28). The number of nitrogens with one attached hydrogen (secondary N) is 1. The van der Waals surface area contributed by atoms with Crippen molar-refractivity contribution < 1.29 is 9.53 Å². The van der Waals surface area contributed by atoms with Crippen LogP contribution in [0.15, 0.2) is 30.3 Å². The van der Waals surface area contributed by atoms with E-state index in [1.807, 2.05) is 36.9 Å². The number of H-pyrrole nitrogens is 1. The average Bonchev–Trinajstić information content (AvgIpc) is 3.23. The lowest BCUT2D eigenvalue weighted by atomic mass is 10.0. The van der Waals surface area contributed by atoms with Crippen molar-refractivity contribution in [3.05, 3.63) is 51.9 Å². The number of rotatable bonds is 7. The van der Waals surface area contributed by atoms with E-state index in [1.54, 1.807) is 24.1 Å². The number of nitrogens with zero attached hydrogens (tertiary/aromatic N) is 4. The number of fused-ring (bicyclic) bond motifs is 1. The first-order valence-electron chi connectivity index (χ1n) is 10.3. The van der Waals surface area contributed by atoms with Gasteiger partial charge in [0, 0.05) is 23.7 Å². The molecule has 3 N–H and O–H groups in total. The Bertz CT molecular complexity index is 1140. The van der Waals surface area contributed by atoms with Crippen molar-refractivity contribution in [1.82, 2.24) is 24.8 Å². The number of methoxy groups -OCH3 is 1. The van der Waals surface area contributed by atoms with Gasteiger partial charge in [0.1, 0.15) is 16.7 Å². The summed E-state index contributed by atoms with van der Waals surface area (Å²) in [6, 6.07) is 8.97. The van der Waals surface area contributed by atoms with Crippen LogP contribution in [0.2, 0.25) is 10.2 Å². The van der Waals surface area contributed by atoms with Gasteiger partial charge in [0.2, 0.25) is 0 Å². The molecule has 8 nitrogen and oxygen atoms in total. The Kier molecular flexibility index (Phi) is 6.20. The number of benzene rings is 1. The highest BCUT2D eigenvalue weighted by Crippen LogP contribution is 2.28. The van der Waals surface area contributed by atoms with Crippen LogP contribution in [0.3, 0.4) is 0 Å². The van der Waals surface area contributed by atoms with Crippen LogP contribution < -0.4 is 10.5 Å².